The summed E-state index contributed by atoms with van der Waals surface area (Å²) in [6.07, 6.45) is 7.33. The number of para-hydroxylation sites is 2. The summed E-state index contributed by atoms with van der Waals surface area (Å²) in [4.78, 5) is 23.0. The Morgan fingerprint density at radius 2 is 1.71 bits per heavy atom. The van der Waals surface area contributed by atoms with Gasteiger partial charge in [0.2, 0.25) is 5.91 Å². The molecule has 1 aromatic heterocycles. The lowest BCUT2D eigenvalue weighted by Gasteiger charge is -2.33. The smallest absolute Gasteiger partial charge is 0.245 e. The van der Waals surface area contributed by atoms with Crippen molar-refractivity contribution in [2.75, 3.05) is 4.90 Å². The molecule has 2 aliphatic rings. The molecule has 172 valence electrons. The Kier molecular flexibility index (Phi) is 6.94. The SMILES string of the molecule is CCC(Sc1nc2c(cc1C#N)CCCCCC2)C(=O)N1c2ccccc2Sc2ccccc21. The number of thioether (sulfide) groups is 1. The maximum atomic E-state index is 14.0. The molecule has 4 nitrogen and oxygen atoms in total. The second-order valence-corrected chi connectivity index (χ2v) is 11.0. The van der Waals surface area contributed by atoms with E-state index in [-0.39, 0.29) is 11.2 Å². The van der Waals surface area contributed by atoms with E-state index >= 15 is 0 Å². The first kappa shape index (κ1) is 23.0. The van der Waals surface area contributed by atoms with Crippen molar-refractivity contribution in [2.24, 2.45) is 0 Å². The van der Waals surface area contributed by atoms with Crippen LogP contribution >= 0.6 is 23.5 Å². The number of nitrogens with zero attached hydrogens (tertiary/aromatic N) is 3. The fourth-order valence-electron chi connectivity index (χ4n) is 4.67. The minimum absolute atomic E-state index is 0.0325. The summed E-state index contributed by atoms with van der Waals surface area (Å²) in [6, 6.07) is 20.5. The van der Waals surface area contributed by atoms with Crippen LogP contribution in [-0.4, -0.2) is 16.1 Å². The molecule has 0 N–H and O–H groups in total. The van der Waals surface area contributed by atoms with E-state index in [9.17, 15) is 10.1 Å². The number of benzene rings is 2. The van der Waals surface area contributed by atoms with E-state index < -0.39 is 0 Å². The van der Waals surface area contributed by atoms with Crippen LogP contribution in [0.2, 0.25) is 0 Å². The van der Waals surface area contributed by atoms with Gasteiger partial charge in [-0.1, -0.05) is 67.6 Å². The highest BCUT2D eigenvalue weighted by molar-refractivity contribution is 8.00. The van der Waals surface area contributed by atoms with E-state index in [1.807, 2.05) is 54.3 Å². The number of fused-ring (bicyclic) bond motifs is 3. The third kappa shape index (κ3) is 4.47. The zero-order valence-electron chi connectivity index (χ0n) is 19.3. The van der Waals surface area contributed by atoms with Gasteiger partial charge in [-0.15, -0.1) is 0 Å². The topological polar surface area (TPSA) is 57.0 Å². The van der Waals surface area contributed by atoms with Crippen molar-refractivity contribution in [2.45, 2.75) is 71.9 Å². The van der Waals surface area contributed by atoms with Crippen LogP contribution in [-0.2, 0) is 17.6 Å². The van der Waals surface area contributed by atoms with Gasteiger partial charge in [-0.2, -0.15) is 5.26 Å². The number of hydrogen-bond donors (Lipinski definition) is 0. The molecule has 5 rings (SSSR count). The largest absolute Gasteiger partial charge is 0.278 e. The number of anilines is 2. The average molecular weight is 486 g/mol. The number of carbonyl (C=O) groups is 1. The molecule has 6 heteroatoms. The summed E-state index contributed by atoms with van der Waals surface area (Å²) in [5.74, 6) is 0.0325. The van der Waals surface area contributed by atoms with Gasteiger partial charge < -0.3 is 0 Å². The number of aryl methyl sites for hydroxylation is 2. The first-order valence-electron chi connectivity index (χ1n) is 12.0. The third-order valence-corrected chi connectivity index (χ3v) is 8.92. The lowest BCUT2D eigenvalue weighted by molar-refractivity contribution is -0.117. The fraction of sp³-hybridized carbons (Fsp3) is 0.321. The molecular weight excluding hydrogens is 458 g/mol. The molecule has 1 aliphatic carbocycles. The quantitative estimate of drug-likeness (QED) is 0.363. The highest BCUT2D eigenvalue weighted by Crippen LogP contribution is 2.49. The van der Waals surface area contributed by atoms with E-state index in [4.69, 9.17) is 4.98 Å². The van der Waals surface area contributed by atoms with Crippen LogP contribution < -0.4 is 4.90 Å². The van der Waals surface area contributed by atoms with Gasteiger partial charge in [0.15, 0.2) is 0 Å². The van der Waals surface area contributed by atoms with Crippen LogP contribution in [0, 0.1) is 11.3 Å². The summed E-state index contributed by atoms with van der Waals surface area (Å²) in [5, 5.41) is 10.2. The predicted octanol–water partition coefficient (Wildman–Crippen LogP) is 7.31. The van der Waals surface area contributed by atoms with Crippen LogP contribution in [0.4, 0.5) is 11.4 Å². The Morgan fingerprint density at radius 3 is 2.35 bits per heavy atom. The first-order chi connectivity index (χ1) is 16.7. The number of hydrogen-bond acceptors (Lipinski definition) is 5. The molecule has 0 saturated carbocycles. The summed E-state index contributed by atoms with van der Waals surface area (Å²) < 4.78 is 0. The second kappa shape index (κ2) is 10.2. The van der Waals surface area contributed by atoms with Crippen LogP contribution in [0.5, 0.6) is 0 Å². The Hall–Kier alpha value is -2.75. The van der Waals surface area contributed by atoms with Crippen LogP contribution in [0.3, 0.4) is 0 Å². The number of rotatable bonds is 4. The molecule has 2 aromatic carbocycles. The molecule has 1 amide bonds. The molecule has 1 atom stereocenters. The Morgan fingerprint density at radius 1 is 1.06 bits per heavy atom. The average Bonchev–Trinajstić information content (AvgIpc) is 2.86. The summed E-state index contributed by atoms with van der Waals surface area (Å²) >= 11 is 3.14. The molecule has 0 radical (unpaired) electrons. The molecule has 1 aliphatic heterocycles. The van der Waals surface area contributed by atoms with Crippen molar-refractivity contribution in [3.8, 4) is 6.07 Å². The molecule has 0 bridgehead atoms. The molecule has 34 heavy (non-hydrogen) atoms. The van der Waals surface area contributed by atoms with Crippen LogP contribution in [0.1, 0.15) is 55.8 Å². The number of carbonyl (C=O) groups excluding carboxylic acids is 1. The fourth-order valence-corrected chi connectivity index (χ4v) is 6.76. The van der Waals surface area contributed by atoms with Gasteiger partial charge in [0.25, 0.3) is 0 Å². The maximum absolute atomic E-state index is 14.0. The third-order valence-electron chi connectivity index (χ3n) is 6.44. The number of aromatic nitrogens is 1. The van der Waals surface area contributed by atoms with Crippen molar-refractivity contribution in [1.29, 1.82) is 5.26 Å². The van der Waals surface area contributed by atoms with Gasteiger partial charge >= 0.3 is 0 Å². The van der Waals surface area contributed by atoms with Gasteiger partial charge in [-0.25, -0.2) is 4.98 Å². The van der Waals surface area contributed by atoms with E-state index in [1.165, 1.54) is 30.2 Å². The molecule has 0 spiro atoms. The normalized spacial score (nSPS) is 15.7. The molecule has 0 fully saturated rings. The minimum atomic E-state index is -0.338. The zero-order valence-corrected chi connectivity index (χ0v) is 20.9. The lowest BCUT2D eigenvalue weighted by Crippen LogP contribution is -2.35. The summed E-state index contributed by atoms with van der Waals surface area (Å²) in [6.45, 7) is 2.03. The van der Waals surface area contributed by atoms with Gasteiger partial charge in [0, 0.05) is 15.5 Å². The van der Waals surface area contributed by atoms with E-state index in [1.54, 1.807) is 11.8 Å². The highest BCUT2D eigenvalue weighted by Gasteiger charge is 2.33. The Labute approximate surface area is 209 Å². The molecule has 3 aromatic rings. The number of pyridine rings is 1. The zero-order chi connectivity index (χ0) is 23.5. The van der Waals surface area contributed by atoms with Crippen molar-refractivity contribution in [3.63, 3.8) is 0 Å². The highest BCUT2D eigenvalue weighted by atomic mass is 32.2. The first-order valence-corrected chi connectivity index (χ1v) is 13.7. The van der Waals surface area contributed by atoms with E-state index in [0.717, 1.165) is 52.5 Å². The molecule has 0 saturated heterocycles. The predicted molar refractivity (Wildman–Crippen MR) is 139 cm³/mol. The monoisotopic (exact) mass is 485 g/mol. The molecule has 2 heterocycles. The maximum Gasteiger partial charge on any atom is 0.245 e. The standard InChI is InChI=1S/C28H27N3OS2/c1-2-24(34-27-20(18-29)17-19-11-5-3-4-6-12-21(19)30-27)28(32)31-22-13-7-9-15-25(22)33-26-16-10-8-14-23(26)31/h7-10,13-17,24H,2-6,11-12H2,1H3. The second-order valence-electron chi connectivity index (χ2n) is 8.70. The van der Waals surface area contributed by atoms with Crippen molar-refractivity contribution >= 4 is 40.8 Å². The Balaban J connectivity index is 1.50. The Bertz CT molecular complexity index is 1220. The number of nitriles is 1. The van der Waals surface area contributed by atoms with Crippen LogP contribution in [0.25, 0.3) is 0 Å². The van der Waals surface area contributed by atoms with Gasteiger partial charge in [0.1, 0.15) is 11.1 Å². The van der Waals surface area contributed by atoms with Gasteiger partial charge in [0.05, 0.1) is 22.2 Å². The van der Waals surface area contributed by atoms with Crippen molar-refractivity contribution < 1.29 is 4.79 Å². The van der Waals surface area contributed by atoms with Gasteiger partial charge in [-0.3, -0.25) is 9.69 Å². The van der Waals surface area contributed by atoms with Crippen LogP contribution in [0.15, 0.2) is 69.4 Å². The lowest BCUT2D eigenvalue weighted by atomic mass is 9.96. The summed E-state index contributed by atoms with van der Waals surface area (Å²) in [7, 11) is 0. The number of amides is 1. The molecule has 1 unspecified atom stereocenters. The van der Waals surface area contributed by atoms with Gasteiger partial charge in [-0.05, 0) is 68.0 Å². The van der Waals surface area contributed by atoms with Crippen molar-refractivity contribution in [1.82, 2.24) is 4.98 Å². The minimum Gasteiger partial charge on any atom is -0.278 e. The van der Waals surface area contributed by atoms with E-state index in [0.29, 0.717) is 17.0 Å². The van der Waals surface area contributed by atoms with E-state index in [2.05, 4.69) is 18.2 Å². The van der Waals surface area contributed by atoms with Crippen molar-refractivity contribution in [3.05, 3.63) is 71.4 Å². The summed E-state index contributed by atoms with van der Waals surface area (Å²) in [5.41, 5.74) is 4.74. The molecular formula is C28H27N3OS2.